The van der Waals surface area contributed by atoms with E-state index in [9.17, 15) is 4.79 Å². The van der Waals surface area contributed by atoms with Crippen molar-refractivity contribution in [2.24, 2.45) is 0 Å². The summed E-state index contributed by atoms with van der Waals surface area (Å²) < 4.78 is 16.5. The topological polar surface area (TPSA) is 78.4 Å². The van der Waals surface area contributed by atoms with Crippen LogP contribution in [0.5, 0.6) is 5.75 Å². The largest absolute Gasteiger partial charge is 0.456 e. The van der Waals surface area contributed by atoms with E-state index >= 15 is 0 Å². The van der Waals surface area contributed by atoms with Gasteiger partial charge < -0.3 is 13.7 Å². The molecule has 6 nitrogen and oxygen atoms in total. The Morgan fingerprint density at radius 2 is 1.86 bits per heavy atom. The molecule has 0 saturated heterocycles. The number of nitrogens with zero attached hydrogens (tertiary/aromatic N) is 2. The third kappa shape index (κ3) is 3.76. The molecule has 0 atom stereocenters. The summed E-state index contributed by atoms with van der Waals surface area (Å²) in [5.74, 6) is 1.44. The van der Waals surface area contributed by atoms with Crippen LogP contribution in [0.3, 0.4) is 0 Å². The fourth-order valence-electron chi connectivity index (χ4n) is 3.00. The monoisotopic (exact) mass is 378 g/mol. The number of para-hydroxylation sites is 1. The molecule has 0 N–H and O–H groups in total. The molecule has 0 amide bonds. The van der Waals surface area contributed by atoms with E-state index in [1.807, 2.05) is 57.2 Å². The fourth-order valence-corrected chi connectivity index (χ4v) is 3.00. The van der Waals surface area contributed by atoms with E-state index in [0.717, 1.165) is 21.9 Å². The lowest BCUT2D eigenvalue weighted by Gasteiger charge is -2.10. The van der Waals surface area contributed by atoms with Crippen molar-refractivity contribution in [3.8, 4) is 5.75 Å². The molecular weight excluding hydrogens is 356 g/mol. The van der Waals surface area contributed by atoms with Gasteiger partial charge >= 0.3 is 5.97 Å². The second-order valence-corrected chi connectivity index (χ2v) is 7.85. The van der Waals surface area contributed by atoms with Gasteiger partial charge in [-0.1, -0.05) is 44.1 Å². The van der Waals surface area contributed by atoms with Crippen LogP contribution < -0.4 is 4.74 Å². The van der Waals surface area contributed by atoms with Crippen molar-refractivity contribution in [1.29, 1.82) is 0 Å². The van der Waals surface area contributed by atoms with Crippen LogP contribution in [0, 0.1) is 0 Å². The molecule has 2 aromatic carbocycles. The number of benzene rings is 2. The number of furan rings is 1. The molecule has 4 aromatic rings. The van der Waals surface area contributed by atoms with Gasteiger partial charge in [0.15, 0.2) is 5.82 Å². The first-order chi connectivity index (χ1) is 13.4. The van der Waals surface area contributed by atoms with Gasteiger partial charge in [0.05, 0.1) is 0 Å². The maximum Gasteiger partial charge on any atom is 0.311 e. The maximum atomic E-state index is 12.2. The van der Waals surface area contributed by atoms with Gasteiger partial charge in [-0.2, -0.15) is 4.98 Å². The first-order valence-electron chi connectivity index (χ1n) is 9.35. The quantitative estimate of drug-likeness (QED) is 0.351. The highest BCUT2D eigenvalue weighted by atomic mass is 16.5. The lowest BCUT2D eigenvalue weighted by atomic mass is 9.96. The van der Waals surface area contributed by atoms with Crippen molar-refractivity contribution < 1.29 is 18.5 Å². The Morgan fingerprint density at radius 3 is 2.64 bits per heavy atom. The predicted octanol–water partition coefficient (Wildman–Crippen LogP) is 5.19. The van der Waals surface area contributed by atoms with Crippen molar-refractivity contribution in [2.75, 3.05) is 0 Å². The minimum Gasteiger partial charge on any atom is -0.456 e. The zero-order valence-corrected chi connectivity index (χ0v) is 16.2. The smallest absolute Gasteiger partial charge is 0.311 e. The van der Waals surface area contributed by atoms with Gasteiger partial charge in [-0.15, -0.1) is 0 Å². The molecule has 0 spiro atoms. The summed E-state index contributed by atoms with van der Waals surface area (Å²) in [5.41, 5.74) is 1.43. The lowest BCUT2D eigenvalue weighted by Crippen LogP contribution is -2.13. The Bertz CT molecular complexity index is 1130. The summed E-state index contributed by atoms with van der Waals surface area (Å²) in [4.78, 5) is 16.6. The molecule has 4 rings (SSSR count). The van der Waals surface area contributed by atoms with Crippen LogP contribution in [0.15, 0.2) is 51.4 Å². The molecule has 28 heavy (non-hydrogen) atoms. The number of aryl methyl sites for hydroxylation is 1. The first kappa shape index (κ1) is 18.2. The normalized spacial score (nSPS) is 12.0. The van der Waals surface area contributed by atoms with Crippen LogP contribution in [0.4, 0.5) is 0 Å². The Kier molecular flexibility index (Phi) is 4.63. The van der Waals surface area contributed by atoms with Crippen LogP contribution in [-0.4, -0.2) is 16.1 Å². The average Bonchev–Trinajstić information content (AvgIpc) is 3.26. The molecule has 0 aliphatic rings. The zero-order chi connectivity index (χ0) is 19.7. The molecule has 2 aromatic heterocycles. The number of hydrogen-bond donors (Lipinski definition) is 0. The molecule has 0 radical (unpaired) electrons. The van der Waals surface area contributed by atoms with Gasteiger partial charge in [-0.05, 0) is 30.7 Å². The summed E-state index contributed by atoms with van der Waals surface area (Å²) >= 11 is 0. The highest BCUT2D eigenvalue weighted by Gasteiger charge is 2.21. The first-order valence-corrected chi connectivity index (χ1v) is 9.35. The van der Waals surface area contributed by atoms with E-state index < -0.39 is 0 Å². The summed E-state index contributed by atoms with van der Waals surface area (Å²) in [7, 11) is 0. The molecule has 6 heteroatoms. The second kappa shape index (κ2) is 7.11. The third-order valence-corrected chi connectivity index (χ3v) is 4.49. The number of rotatable bonds is 5. The highest BCUT2D eigenvalue weighted by Crippen LogP contribution is 2.31. The molecule has 0 aliphatic heterocycles. The van der Waals surface area contributed by atoms with Crippen molar-refractivity contribution >= 4 is 27.9 Å². The molecule has 0 fully saturated rings. The van der Waals surface area contributed by atoms with Gasteiger partial charge in [0, 0.05) is 29.0 Å². The van der Waals surface area contributed by atoms with E-state index in [1.165, 1.54) is 0 Å². The molecule has 0 bridgehead atoms. The van der Waals surface area contributed by atoms with Crippen LogP contribution in [0.25, 0.3) is 21.9 Å². The Labute approximate surface area is 162 Å². The van der Waals surface area contributed by atoms with Gasteiger partial charge in [0.2, 0.25) is 5.89 Å². The molecule has 144 valence electrons. The number of hydrogen-bond acceptors (Lipinski definition) is 6. The lowest BCUT2D eigenvalue weighted by molar-refractivity contribution is -0.134. The van der Waals surface area contributed by atoms with Gasteiger partial charge in [0.1, 0.15) is 16.9 Å². The second-order valence-electron chi connectivity index (χ2n) is 7.85. The number of esters is 1. The van der Waals surface area contributed by atoms with E-state index in [2.05, 4.69) is 10.1 Å². The standard InChI is InChI=1S/C22H22N2O4/c1-22(2,3)21-23-19(28-24-21)9-6-10-20(25)26-14-11-12-18-16(13-14)15-7-4-5-8-17(15)27-18/h4-5,7-8,11-13H,6,9-10H2,1-3H3. The number of ether oxygens (including phenoxy) is 1. The summed E-state index contributed by atoms with van der Waals surface area (Å²) in [6.45, 7) is 6.08. The molecule has 0 aliphatic carbocycles. The molecule has 2 heterocycles. The minimum absolute atomic E-state index is 0.156. The zero-order valence-electron chi connectivity index (χ0n) is 16.2. The van der Waals surface area contributed by atoms with E-state index in [4.69, 9.17) is 13.7 Å². The van der Waals surface area contributed by atoms with Crippen LogP contribution >= 0.6 is 0 Å². The van der Waals surface area contributed by atoms with Crippen LogP contribution in [0.1, 0.15) is 45.3 Å². The number of aromatic nitrogens is 2. The summed E-state index contributed by atoms with van der Waals surface area (Å²) in [6, 6.07) is 13.2. The SMILES string of the molecule is CC(C)(C)c1noc(CCCC(=O)Oc2ccc3oc4ccccc4c3c2)n1. The van der Waals surface area contributed by atoms with E-state index in [1.54, 1.807) is 6.07 Å². The van der Waals surface area contributed by atoms with Gasteiger partial charge in [-0.25, -0.2) is 0 Å². The maximum absolute atomic E-state index is 12.2. The van der Waals surface area contributed by atoms with Crippen molar-refractivity contribution in [3.63, 3.8) is 0 Å². The Hall–Kier alpha value is -3.15. The molecular formula is C22H22N2O4. The molecule has 0 saturated carbocycles. The van der Waals surface area contributed by atoms with E-state index in [0.29, 0.717) is 30.3 Å². The Balaban J connectivity index is 1.37. The van der Waals surface area contributed by atoms with Crippen LogP contribution in [-0.2, 0) is 16.6 Å². The van der Waals surface area contributed by atoms with Gasteiger partial charge in [-0.3, -0.25) is 4.79 Å². The van der Waals surface area contributed by atoms with Gasteiger partial charge in [0.25, 0.3) is 0 Å². The van der Waals surface area contributed by atoms with Crippen molar-refractivity contribution in [3.05, 3.63) is 54.2 Å². The highest BCUT2D eigenvalue weighted by molar-refractivity contribution is 6.05. The predicted molar refractivity (Wildman–Crippen MR) is 105 cm³/mol. The fraction of sp³-hybridized carbons (Fsp3) is 0.318. The minimum atomic E-state index is -0.289. The van der Waals surface area contributed by atoms with Crippen molar-refractivity contribution in [1.82, 2.24) is 10.1 Å². The Morgan fingerprint density at radius 1 is 1.07 bits per heavy atom. The summed E-state index contributed by atoms with van der Waals surface area (Å²) in [5, 5.41) is 5.92. The third-order valence-electron chi connectivity index (χ3n) is 4.49. The summed E-state index contributed by atoms with van der Waals surface area (Å²) in [6.07, 6.45) is 1.41. The average molecular weight is 378 g/mol. The number of carbonyl (C=O) groups excluding carboxylic acids is 1. The van der Waals surface area contributed by atoms with Crippen LogP contribution in [0.2, 0.25) is 0 Å². The van der Waals surface area contributed by atoms with Crippen molar-refractivity contribution in [2.45, 2.75) is 45.4 Å². The molecule has 0 unspecified atom stereocenters. The van der Waals surface area contributed by atoms with E-state index in [-0.39, 0.29) is 17.8 Å². The number of fused-ring (bicyclic) bond motifs is 3. The number of carbonyl (C=O) groups is 1.